The molecule has 0 fully saturated rings. The molecule has 0 saturated carbocycles. The largest absolute Gasteiger partial charge is 0.478 e. The Kier molecular flexibility index (Phi) is 2.48. The number of rotatable bonds is 1. The predicted molar refractivity (Wildman–Crippen MR) is 54.7 cm³/mol. The standard InChI is InChI=1S/C10H7BrO4/c11-6-2-1-5-3-8(9(12)13)15-10(14)7(5)4-6/h1-2,4,8H,3H2,(H,12,13). The van der Waals surface area contributed by atoms with E-state index >= 15 is 0 Å². The maximum absolute atomic E-state index is 11.4. The molecule has 1 N–H and O–H groups in total. The summed E-state index contributed by atoms with van der Waals surface area (Å²) in [4.78, 5) is 22.1. The van der Waals surface area contributed by atoms with E-state index in [-0.39, 0.29) is 6.42 Å². The molecule has 0 bridgehead atoms. The first kappa shape index (κ1) is 10.2. The molecule has 15 heavy (non-hydrogen) atoms. The number of hydrogen-bond acceptors (Lipinski definition) is 3. The second kappa shape index (κ2) is 3.66. The van der Waals surface area contributed by atoms with Crippen molar-refractivity contribution in [3.8, 4) is 0 Å². The number of cyclic esters (lactones) is 1. The topological polar surface area (TPSA) is 63.6 Å². The summed E-state index contributed by atoms with van der Waals surface area (Å²) in [5.41, 5.74) is 1.14. The van der Waals surface area contributed by atoms with Crippen LogP contribution in [0.5, 0.6) is 0 Å². The molecule has 1 heterocycles. The van der Waals surface area contributed by atoms with E-state index in [4.69, 9.17) is 9.84 Å². The molecule has 1 aliphatic heterocycles. The van der Waals surface area contributed by atoms with E-state index in [2.05, 4.69) is 15.9 Å². The fourth-order valence-electron chi connectivity index (χ4n) is 1.49. The molecule has 1 unspecified atom stereocenters. The third kappa shape index (κ3) is 1.87. The van der Waals surface area contributed by atoms with Gasteiger partial charge in [-0.1, -0.05) is 22.0 Å². The van der Waals surface area contributed by atoms with E-state index in [1.165, 1.54) is 0 Å². The Hall–Kier alpha value is -1.36. The molecule has 0 radical (unpaired) electrons. The third-order valence-electron chi connectivity index (χ3n) is 2.22. The van der Waals surface area contributed by atoms with Crippen molar-refractivity contribution in [1.82, 2.24) is 0 Å². The summed E-state index contributed by atoms with van der Waals surface area (Å²) in [6.45, 7) is 0. The SMILES string of the molecule is O=C1OC(C(=O)O)Cc2ccc(Br)cc21. The molecule has 0 aliphatic carbocycles. The summed E-state index contributed by atoms with van der Waals surface area (Å²) in [5, 5.41) is 8.75. The second-order valence-corrected chi connectivity index (χ2v) is 4.15. The van der Waals surface area contributed by atoms with E-state index in [0.29, 0.717) is 11.1 Å². The molecule has 0 aromatic heterocycles. The summed E-state index contributed by atoms with van der Waals surface area (Å²) in [6, 6.07) is 5.14. The van der Waals surface area contributed by atoms with Crippen molar-refractivity contribution in [3.05, 3.63) is 33.8 Å². The molecule has 4 nitrogen and oxygen atoms in total. The lowest BCUT2D eigenvalue weighted by molar-refractivity contribution is -0.147. The van der Waals surface area contributed by atoms with Crippen LogP contribution in [0.2, 0.25) is 0 Å². The summed E-state index contributed by atoms with van der Waals surface area (Å²) < 4.78 is 5.54. The van der Waals surface area contributed by atoms with Gasteiger partial charge in [0.1, 0.15) is 0 Å². The minimum absolute atomic E-state index is 0.226. The van der Waals surface area contributed by atoms with E-state index in [1.807, 2.05) is 0 Å². The number of esters is 1. The highest BCUT2D eigenvalue weighted by Crippen LogP contribution is 2.24. The quantitative estimate of drug-likeness (QED) is 0.788. The molecular formula is C10H7BrO4. The van der Waals surface area contributed by atoms with Crippen LogP contribution in [0, 0.1) is 0 Å². The third-order valence-corrected chi connectivity index (χ3v) is 2.72. The number of benzene rings is 1. The lowest BCUT2D eigenvalue weighted by Crippen LogP contribution is -2.34. The normalized spacial score (nSPS) is 19.3. The van der Waals surface area contributed by atoms with Gasteiger partial charge in [0.2, 0.25) is 6.10 Å². The van der Waals surface area contributed by atoms with Crippen molar-refractivity contribution in [2.45, 2.75) is 12.5 Å². The number of aliphatic carboxylic acids is 1. The molecule has 1 aliphatic rings. The average molecular weight is 271 g/mol. The first-order chi connectivity index (χ1) is 7.08. The van der Waals surface area contributed by atoms with Gasteiger partial charge in [0.25, 0.3) is 0 Å². The van der Waals surface area contributed by atoms with E-state index in [1.54, 1.807) is 18.2 Å². The van der Waals surface area contributed by atoms with Gasteiger partial charge in [-0.3, -0.25) is 0 Å². The van der Waals surface area contributed by atoms with Crippen molar-refractivity contribution in [2.75, 3.05) is 0 Å². The highest BCUT2D eigenvalue weighted by molar-refractivity contribution is 9.10. The smallest absolute Gasteiger partial charge is 0.345 e. The van der Waals surface area contributed by atoms with Crippen molar-refractivity contribution in [3.63, 3.8) is 0 Å². The van der Waals surface area contributed by atoms with Gasteiger partial charge in [0.05, 0.1) is 5.56 Å². The van der Waals surface area contributed by atoms with Gasteiger partial charge in [-0.05, 0) is 17.7 Å². The molecule has 1 aromatic carbocycles. The first-order valence-electron chi connectivity index (χ1n) is 4.30. The molecular weight excluding hydrogens is 264 g/mol. The molecule has 1 aromatic rings. The van der Waals surface area contributed by atoms with Gasteiger partial charge in [0.15, 0.2) is 0 Å². The molecule has 2 rings (SSSR count). The van der Waals surface area contributed by atoms with E-state index in [0.717, 1.165) is 4.47 Å². The number of carboxylic acids is 1. The van der Waals surface area contributed by atoms with Crippen LogP contribution in [-0.4, -0.2) is 23.1 Å². The summed E-state index contributed by atoms with van der Waals surface area (Å²) in [7, 11) is 0. The Labute approximate surface area is 94.0 Å². The fourth-order valence-corrected chi connectivity index (χ4v) is 1.85. The van der Waals surface area contributed by atoms with Crippen molar-refractivity contribution in [1.29, 1.82) is 0 Å². The van der Waals surface area contributed by atoms with E-state index < -0.39 is 18.0 Å². The zero-order valence-electron chi connectivity index (χ0n) is 7.57. The van der Waals surface area contributed by atoms with Crippen LogP contribution in [0.25, 0.3) is 0 Å². The Morgan fingerprint density at radius 2 is 2.27 bits per heavy atom. The van der Waals surface area contributed by atoms with Crippen LogP contribution in [0.15, 0.2) is 22.7 Å². The number of carboxylic acid groups (broad SMARTS) is 1. The zero-order valence-corrected chi connectivity index (χ0v) is 9.15. The minimum Gasteiger partial charge on any atom is -0.478 e. The minimum atomic E-state index is -1.11. The van der Waals surface area contributed by atoms with Crippen LogP contribution in [0.3, 0.4) is 0 Å². The second-order valence-electron chi connectivity index (χ2n) is 3.24. The van der Waals surface area contributed by atoms with Crippen molar-refractivity contribution in [2.24, 2.45) is 0 Å². The average Bonchev–Trinajstić information content (AvgIpc) is 2.18. The fraction of sp³-hybridized carbons (Fsp3) is 0.200. The lowest BCUT2D eigenvalue weighted by Gasteiger charge is -2.21. The van der Waals surface area contributed by atoms with Gasteiger partial charge in [0, 0.05) is 10.9 Å². The summed E-state index contributed by atoms with van der Waals surface area (Å²) in [5.74, 6) is -1.69. The molecule has 5 heteroatoms. The Morgan fingerprint density at radius 3 is 2.93 bits per heavy atom. The zero-order chi connectivity index (χ0) is 11.0. The van der Waals surface area contributed by atoms with Gasteiger partial charge in [-0.2, -0.15) is 0 Å². The van der Waals surface area contributed by atoms with Gasteiger partial charge < -0.3 is 9.84 Å². The van der Waals surface area contributed by atoms with Crippen molar-refractivity contribution < 1.29 is 19.4 Å². The Balaban J connectivity index is 2.41. The van der Waals surface area contributed by atoms with Crippen LogP contribution in [-0.2, 0) is 16.0 Å². The lowest BCUT2D eigenvalue weighted by atomic mass is 9.99. The molecule has 78 valence electrons. The number of hydrogen-bond donors (Lipinski definition) is 1. The molecule has 0 saturated heterocycles. The Bertz CT molecular complexity index is 441. The number of halogens is 1. The van der Waals surface area contributed by atoms with Crippen LogP contribution in [0.1, 0.15) is 15.9 Å². The summed E-state index contributed by atoms with van der Waals surface area (Å²) in [6.07, 6.45) is -0.838. The van der Waals surface area contributed by atoms with Crippen LogP contribution >= 0.6 is 15.9 Å². The van der Waals surface area contributed by atoms with Gasteiger partial charge in [-0.15, -0.1) is 0 Å². The highest BCUT2D eigenvalue weighted by atomic mass is 79.9. The number of fused-ring (bicyclic) bond motifs is 1. The van der Waals surface area contributed by atoms with Crippen molar-refractivity contribution >= 4 is 27.9 Å². The maximum atomic E-state index is 11.4. The predicted octanol–water partition coefficient (Wildman–Crippen LogP) is 1.62. The van der Waals surface area contributed by atoms with Crippen LogP contribution < -0.4 is 0 Å². The van der Waals surface area contributed by atoms with Crippen LogP contribution in [0.4, 0.5) is 0 Å². The van der Waals surface area contributed by atoms with E-state index in [9.17, 15) is 9.59 Å². The number of carbonyl (C=O) groups excluding carboxylic acids is 1. The number of carbonyl (C=O) groups is 2. The number of ether oxygens (including phenoxy) is 1. The monoisotopic (exact) mass is 270 g/mol. The summed E-state index contributed by atoms with van der Waals surface area (Å²) >= 11 is 3.24. The van der Waals surface area contributed by atoms with Gasteiger partial charge in [-0.25, -0.2) is 9.59 Å². The Morgan fingerprint density at radius 1 is 1.53 bits per heavy atom. The highest BCUT2D eigenvalue weighted by Gasteiger charge is 2.30. The maximum Gasteiger partial charge on any atom is 0.345 e. The molecule has 0 spiro atoms. The first-order valence-corrected chi connectivity index (χ1v) is 5.09. The molecule has 0 amide bonds. The van der Waals surface area contributed by atoms with Gasteiger partial charge >= 0.3 is 11.9 Å². The molecule has 1 atom stereocenters.